The second kappa shape index (κ2) is 7.01. The summed E-state index contributed by atoms with van der Waals surface area (Å²) in [5.74, 6) is -3.32. The molecule has 1 aromatic carbocycles. The predicted molar refractivity (Wildman–Crippen MR) is 67.1 cm³/mol. The van der Waals surface area contributed by atoms with Crippen molar-refractivity contribution in [2.75, 3.05) is 6.61 Å². The lowest BCUT2D eigenvalue weighted by Crippen LogP contribution is -2.31. The molecule has 2 atom stereocenters. The summed E-state index contributed by atoms with van der Waals surface area (Å²) < 4.78 is 18.1. The molecule has 6 nitrogen and oxygen atoms in total. The Labute approximate surface area is 115 Å². The zero-order valence-corrected chi connectivity index (χ0v) is 10.9. The van der Waals surface area contributed by atoms with Crippen molar-refractivity contribution in [2.24, 2.45) is 5.73 Å². The molecule has 0 aliphatic heterocycles. The Morgan fingerprint density at radius 3 is 2.47 bits per heavy atom. The van der Waals surface area contributed by atoms with Crippen LogP contribution in [0.5, 0.6) is 17.2 Å². The van der Waals surface area contributed by atoms with Crippen LogP contribution in [0.25, 0.3) is 0 Å². The SMILES string of the molecule is CCOC(=O)C(F)[C@@H](N)c1ccc(O)c(O)c1O.Cl. The fourth-order valence-electron chi connectivity index (χ4n) is 1.38. The first-order valence-electron chi connectivity index (χ1n) is 5.20. The van der Waals surface area contributed by atoms with Crippen LogP contribution in [0.4, 0.5) is 4.39 Å². The van der Waals surface area contributed by atoms with Crippen molar-refractivity contribution in [3.05, 3.63) is 17.7 Å². The van der Waals surface area contributed by atoms with E-state index in [0.29, 0.717) is 0 Å². The number of halogens is 2. The molecule has 0 aliphatic rings. The van der Waals surface area contributed by atoms with Gasteiger partial charge in [-0.15, -0.1) is 12.4 Å². The smallest absolute Gasteiger partial charge is 0.342 e. The Bertz CT molecular complexity index is 457. The highest BCUT2D eigenvalue weighted by molar-refractivity contribution is 5.85. The van der Waals surface area contributed by atoms with Crippen LogP contribution in [-0.4, -0.2) is 34.1 Å². The first-order valence-corrected chi connectivity index (χ1v) is 5.20. The van der Waals surface area contributed by atoms with Gasteiger partial charge >= 0.3 is 5.97 Å². The monoisotopic (exact) mass is 295 g/mol. The van der Waals surface area contributed by atoms with E-state index in [0.717, 1.165) is 12.1 Å². The standard InChI is InChI=1S/C11H14FNO5.ClH/c1-2-18-11(17)7(12)8(13)5-3-4-6(14)10(16)9(5)15;/h3-4,7-8,14-16H,2,13H2,1H3;1H/t7?,8-;/m0./s1. The van der Waals surface area contributed by atoms with Crippen molar-refractivity contribution in [3.8, 4) is 17.2 Å². The van der Waals surface area contributed by atoms with Crippen LogP contribution in [0.15, 0.2) is 12.1 Å². The summed E-state index contributed by atoms with van der Waals surface area (Å²) in [4.78, 5) is 11.2. The van der Waals surface area contributed by atoms with Gasteiger partial charge in [0.2, 0.25) is 11.9 Å². The maximum Gasteiger partial charge on any atom is 0.342 e. The lowest BCUT2D eigenvalue weighted by Gasteiger charge is -2.17. The van der Waals surface area contributed by atoms with E-state index in [4.69, 9.17) is 10.8 Å². The third kappa shape index (κ3) is 3.62. The number of phenols is 3. The van der Waals surface area contributed by atoms with Crippen molar-refractivity contribution in [3.63, 3.8) is 0 Å². The lowest BCUT2D eigenvalue weighted by molar-refractivity contribution is -0.149. The van der Waals surface area contributed by atoms with Crippen LogP contribution in [0.2, 0.25) is 0 Å². The van der Waals surface area contributed by atoms with E-state index in [-0.39, 0.29) is 24.6 Å². The number of phenolic OH excluding ortho intramolecular Hbond substituents is 3. The molecule has 8 heteroatoms. The van der Waals surface area contributed by atoms with E-state index < -0.39 is 35.4 Å². The summed E-state index contributed by atoms with van der Waals surface area (Å²) in [5, 5.41) is 27.9. The summed E-state index contributed by atoms with van der Waals surface area (Å²) in [7, 11) is 0. The maximum atomic E-state index is 13.6. The van der Waals surface area contributed by atoms with E-state index in [1.807, 2.05) is 0 Å². The molecule has 5 N–H and O–H groups in total. The molecular weight excluding hydrogens is 281 g/mol. The number of alkyl halides is 1. The average molecular weight is 296 g/mol. The second-order valence-corrected chi connectivity index (χ2v) is 3.55. The molecule has 1 aromatic rings. The molecule has 0 aromatic heterocycles. The molecule has 0 aliphatic carbocycles. The minimum absolute atomic E-state index is 0. The maximum absolute atomic E-state index is 13.6. The molecule has 19 heavy (non-hydrogen) atoms. The fourth-order valence-corrected chi connectivity index (χ4v) is 1.38. The third-order valence-electron chi connectivity index (χ3n) is 2.35. The summed E-state index contributed by atoms with van der Waals surface area (Å²) in [5.41, 5.74) is 5.26. The molecule has 0 spiro atoms. The number of hydrogen-bond donors (Lipinski definition) is 4. The quantitative estimate of drug-likeness (QED) is 0.489. The van der Waals surface area contributed by atoms with Crippen LogP contribution in [-0.2, 0) is 9.53 Å². The molecule has 0 radical (unpaired) electrons. The van der Waals surface area contributed by atoms with E-state index in [2.05, 4.69) is 4.74 Å². The van der Waals surface area contributed by atoms with Gasteiger partial charge in [-0.25, -0.2) is 9.18 Å². The highest BCUT2D eigenvalue weighted by Crippen LogP contribution is 2.40. The highest BCUT2D eigenvalue weighted by atomic mass is 35.5. The van der Waals surface area contributed by atoms with Gasteiger partial charge < -0.3 is 25.8 Å². The Morgan fingerprint density at radius 2 is 1.95 bits per heavy atom. The number of rotatable bonds is 4. The number of carbonyl (C=O) groups excluding carboxylic acids is 1. The Hall–Kier alpha value is -1.73. The first-order chi connectivity index (χ1) is 8.40. The molecule has 0 heterocycles. The van der Waals surface area contributed by atoms with Gasteiger partial charge in [0.05, 0.1) is 12.6 Å². The number of esters is 1. The highest BCUT2D eigenvalue weighted by Gasteiger charge is 2.30. The summed E-state index contributed by atoms with van der Waals surface area (Å²) in [6.45, 7) is 1.51. The number of benzene rings is 1. The largest absolute Gasteiger partial charge is 0.504 e. The number of aromatic hydroxyl groups is 3. The van der Waals surface area contributed by atoms with Crippen molar-refractivity contribution in [2.45, 2.75) is 19.1 Å². The second-order valence-electron chi connectivity index (χ2n) is 3.55. The molecule has 1 unspecified atom stereocenters. The van der Waals surface area contributed by atoms with Crippen molar-refractivity contribution in [1.82, 2.24) is 0 Å². The van der Waals surface area contributed by atoms with Crippen LogP contribution in [0, 0.1) is 0 Å². The molecule has 0 saturated carbocycles. The molecule has 0 amide bonds. The number of carbonyl (C=O) groups is 1. The molecule has 0 fully saturated rings. The van der Waals surface area contributed by atoms with Crippen molar-refractivity contribution >= 4 is 18.4 Å². The Balaban J connectivity index is 0.00000324. The van der Waals surface area contributed by atoms with Gasteiger partial charge in [0.15, 0.2) is 11.5 Å². The third-order valence-corrected chi connectivity index (χ3v) is 2.35. The van der Waals surface area contributed by atoms with Crippen molar-refractivity contribution in [1.29, 1.82) is 0 Å². The van der Waals surface area contributed by atoms with Crippen LogP contribution < -0.4 is 5.73 Å². The van der Waals surface area contributed by atoms with Gasteiger partial charge in [0.1, 0.15) is 0 Å². The number of ether oxygens (including phenoxy) is 1. The fraction of sp³-hybridized carbons (Fsp3) is 0.364. The Morgan fingerprint density at radius 1 is 1.37 bits per heavy atom. The molecule has 1 rings (SSSR count). The topological polar surface area (TPSA) is 113 Å². The lowest BCUT2D eigenvalue weighted by atomic mass is 10.0. The van der Waals surface area contributed by atoms with Gasteiger partial charge in [-0.3, -0.25) is 0 Å². The van der Waals surface area contributed by atoms with E-state index in [1.54, 1.807) is 0 Å². The molecule has 0 bridgehead atoms. The molecular formula is C11H15ClFNO5. The van der Waals surface area contributed by atoms with Crippen molar-refractivity contribution < 1.29 is 29.2 Å². The van der Waals surface area contributed by atoms with Gasteiger partial charge in [-0.2, -0.15) is 0 Å². The Kier molecular flexibility index (Phi) is 6.37. The van der Waals surface area contributed by atoms with Gasteiger partial charge in [-0.05, 0) is 19.1 Å². The van der Waals surface area contributed by atoms with E-state index in [9.17, 15) is 19.4 Å². The predicted octanol–water partition coefficient (Wildman–Crippen LogP) is 1.13. The van der Waals surface area contributed by atoms with Gasteiger partial charge in [0, 0.05) is 5.56 Å². The van der Waals surface area contributed by atoms with Gasteiger partial charge in [-0.1, -0.05) is 0 Å². The minimum atomic E-state index is -2.18. The van der Waals surface area contributed by atoms with Gasteiger partial charge in [0.25, 0.3) is 0 Å². The summed E-state index contributed by atoms with van der Waals surface area (Å²) in [6.07, 6.45) is -2.18. The van der Waals surface area contributed by atoms with Crippen LogP contribution in [0.1, 0.15) is 18.5 Å². The minimum Gasteiger partial charge on any atom is -0.504 e. The average Bonchev–Trinajstić information content (AvgIpc) is 2.35. The summed E-state index contributed by atoms with van der Waals surface area (Å²) >= 11 is 0. The van der Waals surface area contributed by atoms with Crippen LogP contribution >= 0.6 is 12.4 Å². The first kappa shape index (κ1) is 17.3. The zero-order valence-electron chi connectivity index (χ0n) is 10.0. The number of hydrogen-bond acceptors (Lipinski definition) is 6. The van der Waals surface area contributed by atoms with Crippen LogP contribution in [0.3, 0.4) is 0 Å². The normalized spacial score (nSPS) is 13.2. The number of nitrogens with two attached hydrogens (primary N) is 1. The van der Waals surface area contributed by atoms with E-state index in [1.165, 1.54) is 6.92 Å². The molecule has 0 saturated heterocycles. The summed E-state index contributed by atoms with van der Waals surface area (Å²) in [6, 6.07) is 0.638. The molecule has 108 valence electrons. The zero-order chi connectivity index (χ0) is 13.9. The van der Waals surface area contributed by atoms with E-state index >= 15 is 0 Å².